The Hall–Kier alpha value is -1.16. The Bertz CT molecular complexity index is 803. The summed E-state index contributed by atoms with van der Waals surface area (Å²) in [6.45, 7) is 2.03. The molecule has 0 saturated heterocycles. The highest BCUT2D eigenvalue weighted by atomic mass is 32.2. The van der Waals surface area contributed by atoms with Gasteiger partial charge < -0.3 is 9.59 Å². The molecule has 0 aliphatic heterocycles. The summed E-state index contributed by atoms with van der Waals surface area (Å²) in [6.07, 6.45) is 3.63. The number of rotatable bonds is 11. The number of alkyl halides is 3. The monoisotopic (exact) mass is 479 g/mol. The Balaban J connectivity index is 1.78. The highest BCUT2D eigenvalue weighted by Gasteiger charge is 2.33. The van der Waals surface area contributed by atoms with Crippen molar-refractivity contribution in [1.29, 1.82) is 0 Å². The normalized spacial score (nSPS) is 20.6. The van der Waals surface area contributed by atoms with E-state index < -0.39 is 21.8 Å². The van der Waals surface area contributed by atoms with Crippen molar-refractivity contribution in [2.75, 3.05) is 40.8 Å². The van der Waals surface area contributed by atoms with Crippen molar-refractivity contribution in [2.45, 2.75) is 68.5 Å². The maximum Gasteiger partial charge on any atom is 0.416 e. The zero-order valence-electron chi connectivity index (χ0n) is 19.4. The Morgan fingerprint density at radius 1 is 1.00 bits per heavy atom. The number of unbranched alkanes of at least 4 members (excludes halogenated alkanes) is 2. The van der Waals surface area contributed by atoms with Gasteiger partial charge in [0.15, 0.2) is 0 Å². The van der Waals surface area contributed by atoms with Crippen LogP contribution in [0.5, 0.6) is 0 Å². The number of hydrogen-bond acceptors (Lipinski definition) is 3. The summed E-state index contributed by atoms with van der Waals surface area (Å²) in [5.74, 6) is 0.605. The molecule has 32 heavy (non-hydrogen) atoms. The fraction of sp³-hybridized carbons (Fsp3) is 0.739. The van der Waals surface area contributed by atoms with Crippen molar-refractivity contribution in [1.82, 2.24) is 4.31 Å². The number of benzene rings is 1. The molecule has 0 heterocycles. The Morgan fingerprint density at radius 2 is 1.59 bits per heavy atom. The summed E-state index contributed by atoms with van der Waals surface area (Å²) >= 11 is 0. The molecule has 0 radical (unpaired) electrons. The smallest absolute Gasteiger partial charge is 0.391 e. The van der Waals surface area contributed by atoms with E-state index in [9.17, 15) is 21.6 Å². The van der Waals surface area contributed by atoms with Gasteiger partial charge in [-0.05, 0) is 68.7 Å². The van der Waals surface area contributed by atoms with E-state index in [1.807, 2.05) is 0 Å². The first-order valence-electron chi connectivity index (χ1n) is 11.4. The van der Waals surface area contributed by atoms with Gasteiger partial charge in [0, 0.05) is 13.1 Å². The number of halogens is 3. The molecule has 1 aliphatic carbocycles. The van der Waals surface area contributed by atoms with Crippen LogP contribution in [0.1, 0.15) is 56.9 Å². The van der Waals surface area contributed by atoms with E-state index in [0.717, 1.165) is 93.2 Å². The van der Waals surface area contributed by atoms with E-state index in [1.165, 1.54) is 11.4 Å². The summed E-state index contributed by atoms with van der Waals surface area (Å²) in [5, 5.41) is 9.09. The SMILES string of the molecule is CN(C1CCC(CCCCC[N+](C)(C)CCO)CC1)S(=O)(=O)c1ccc(C(F)(F)F)cc1. The number of sulfonamides is 1. The third-order valence-corrected chi connectivity index (χ3v) is 8.69. The van der Waals surface area contributed by atoms with Crippen molar-refractivity contribution < 1.29 is 31.2 Å². The van der Waals surface area contributed by atoms with Crippen LogP contribution >= 0.6 is 0 Å². The molecule has 5 nitrogen and oxygen atoms in total. The second-order valence-corrected chi connectivity index (χ2v) is 11.7. The lowest BCUT2D eigenvalue weighted by atomic mass is 9.83. The van der Waals surface area contributed by atoms with Crippen LogP contribution < -0.4 is 0 Å². The molecule has 1 fully saturated rings. The molecule has 0 unspecified atom stereocenters. The van der Waals surface area contributed by atoms with Gasteiger partial charge in [-0.1, -0.05) is 12.8 Å². The number of aliphatic hydroxyl groups is 1. The van der Waals surface area contributed by atoms with Gasteiger partial charge in [0.05, 0.1) is 37.7 Å². The molecular formula is C23H38F3N2O3S+. The van der Waals surface area contributed by atoms with E-state index in [4.69, 9.17) is 5.11 Å². The van der Waals surface area contributed by atoms with Crippen molar-refractivity contribution in [2.24, 2.45) is 5.92 Å². The third-order valence-electron chi connectivity index (χ3n) is 6.77. The first kappa shape index (κ1) is 27.1. The number of aliphatic hydroxyl groups excluding tert-OH is 1. The second-order valence-electron chi connectivity index (χ2n) is 9.67. The summed E-state index contributed by atoms with van der Waals surface area (Å²) in [6, 6.07) is 3.61. The molecule has 1 aromatic carbocycles. The van der Waals surface area contributed by atoms with Gasteiger partial charge in [-0.2, -0.15) is 17.5 Å². The first-order chi connectivity index (χ1) is 14.9. The van der Waals surface area contributed by atoms with E-state index in [-0.39, 0.29) is 17.5 Å². The number of nitrogens with zero attached hydrogens (tertiary/aromatic N) is 2. The van der Waals surface area contributed by atoms with Crippen LogP contribution in [0.25, 0.3) is 0 Å². The summed E-state index contributed by atoms with van der Waals surface area (Å²) in [7, 11) is 1.98. The Labute approximate surface area is 190 Å². The fourth-order valence-electron chi connectivity index (χ4n) is 4.51. The van der Waals surface area contributed by atoms with Crippen molar-refractivity contribution in [3.8, 4) is 0 Å². The number of likely N-dealkylation sites (N-methyl/N-ethyl adjacent to an activating group) is 1. The standard InChI is InChI=1S/C23H38F3N2O3S/c1-27(32(30,31)22-14-10-20(11-15-22)23(24,25)26)21-12-8-19(9-13-21)7-5-4-6-16-28(2,3)17-18-29/h10-11,14-15,19,21,29H,4-9,12-13,16-18H2,1-3H3/q+1. The molecule has 1 N–H and O–H groups in total. The predicted octanol–water partition coefficient (Wildman–Crippen LogP) is 4.51. The maximum absolute atomic E-state index is 12.9. The van der Waals surface area contributed by atoms with Crippen LogP contribution in [0, 0.1) is 5.92 Å². The predicted molar refractivity (Wildman–Crippen MR) is 120 cm³/mol. The molecule has 2 rings (SSSR count). The molecule has 1 aromatic rings. The van der Waals surface area contributed by atoms with E-state index >= 15 is 0 Å². The average molecular weight is 480 g/mol. The summed E-state index contributed by atoms with van der Waals surface area (Å²) in [4.78, 5) is -0.0994. The van der Waals surface area contributed by atoms with Gasteiger partial charge in [0.2, 0.25) is 10.0 Å². The lowest BCUT2D eigenvalue weighted by Gasteiger charge is -2.34. The second kappa shape index (κ2) is 11.3. The molecule has 0 amide bonds. The van der Waals surface area contributed by atoms with Gasteiger partial charge in [-0.3, -0.25) is 0 Å². The minimum atomic E-state index is -4.48. The minimum absolute atomic E-state index is 0.0994. The Morgan fingerprint density at radius 3 is 2.12 bits per heavy atom. The lowest BCUT2D eigenvalue weighted by molar-refractivity contribution is -0.890. The van der Waals surface area contributed by atoms with Gasteiger partial charge in [-0.15, -0.1) is 0 Å². The van der Waals surface area contributed by atoms with Crippen LogP contribution in [0.2, 0.25) is 0 Å². The van der Waals surface area contributed by atoms with Gasteiger partial charge in [0.1, 0.15) is 6.54 Å². The highest BCUT2D eigenvalue weighted by molar-refractivity contribution is 7.89. The number of hydrogen-bond donors (Lipinski definition) is 1. The molecule has 9 heteroatoms. The van der Waals surface area contributed by atoms with Gasteiger partial charge in [0.25, 0.3) is 0 Å². The van der Waals surface area contributed by atoms with E-state index in [0.29, 0.717) is 5.92 Å². The molecule has 1 saturated carbocycles. The molecule has 0 aromatic heterocycles. The average Bonchev–Trinajstić information content (AvgIpc) is 2.73. The van der Waals surface area contributed by atoms with Crippen LogP contribution in [-0.2, 0) is 16.2 Å². The first-order valence-corrected chi connectivity index (χ1v) is 12.9. The zero-order chi connectivity index (χ0) is 24.0. The largest absolute Gasteiger partial charge is 0.416 e. The molecule has 1 aliphatic rings. The molecule has 0 spiro atoms. The van der Waals surface area contributed by atoms with Crippen molar-refractivity contribution in [3.05, 3.63) is 29.8 Å². The minimum Gasteiger partial charge on any atom is -0.391 e. The maximum atomic E-state index is 12.9. The quantitative estimate of drug-likeness (QED) is 0.375. The topological polar surface area (TPSA) is 57.6 Å². The molecule has 0 atom stereocenters. The fourth-order valence-corrected chi connectivity index (χ4v) is 5.92. The van der Waals surface area contributed by atoms with Crippen LogP contribution in [0.4, 0.5) is 13.2 Å². The van der Waals surface area contributed by atoms with Crippen LogP contribution in [0.15, 0.2) is 29.2 Å². The summed E-state index contributed by atoms with van der Waals surface area (Å²) in [5.41, 5.74) is -0.851. The number of quaternary nitrogens is 1. The van der Waals surface area contributed by atoms with Crippen LogP contribution in [0.3, 0.4) is 0 Å². The van der Waals surface area contributed by atoms with Crippen molar-refractivity contribution >= 4 is 10.0 Å². The highest BCUT2D eigenvalue weighted by Crippen LogP contribution is 2.34. The van der Waals surface area contributed by atoms with Gasteiger partial charge in [-0.25, -0.2) is 8.42 Å². The zero-order valence-corrected chi connectivity index (χ0v) is 20.3. The molecule has 184 valence electrons. The lowest BCUT2D eigenvalue weighted by Crippen LogP contribution is -2.42. The van der Waals surface area contributed by atoms with Gasteiger partial charge >= 0.3 is 6.18 Å². The van der Waals surface area contributed by atoms with Crippen LogP contribution in [-0.4, -0.2) is 69.2 Å². The summed E-state index contributed by atoms with van der Waals surface area (Å²) < 4.78 is 66.2. The molecular weight excluding hydrogens is 441 g/mol. The molecule has 0 bridgehead atoms. The van der Waals surface area contributed by atoms with Crippen molar-refractivity contribution in [3.63, 3.8) is 0 Å². The Kier molecular flexibility index (Phi) is 9.58. The third kappa shape index (κ3) is 7.71. The van der Waals surface area contributed by atoms with E-state index in [1.54, 1.807) is 0 Å². The van der Waals surface area contributed by atoms with E-state index in [2.05, 4.69) is 14.1 Å².